The highest BCUT2D eigenvalue weighted by molar-refractivity contribution is 6.00. The summed E-state index contributed by atoms with van der Waals surface area (Å²) in [6, 6.07) is 12.4. The minimum absolute atomic E-state index is 0.0488. The molecular weight excluding hydrogens is 331 g/mol. The highest BCUT2D eigenvalue weighted by atomic mass is 19.1. The van der Waals surface area contributed by atoms with Gasteiger partial charge in [0.05, 0.1) is 17.4 Å². The molecule has 2 N–H and O–H groups in total. The summed E-state index contributed by atoms with van der Waals surface area (Å²) < 4.78 is 15.7. The summed E-state index contributed by atoms with van der Waals surface area (Å²) in [7, 11) is 1.87. The van der Waals surface area contributed by atoms with Crippen LogP contribution in [0.4, 0.5) is 14.9 Å². The Labute approximate surface area is 151 Å². The van der Waals surface area contributed by atoms with E-state index in [4.69, 9.17) is 0 Å². The molecule has 0 spiro atoms. The van der Waals surface area contributed by atoms with Crippen LogP contribution in [0.2, 0.25) is 0 Å². The van der Waals surface area contributed by atoms with Crippen molar-refractivity contribution >= 4 is 22.6 Å². The van der Waals surface area contributed by atoms with Crippen molar-refractivity contribution in [1.82, 2.24) is 15.1 Å². The predicted molar refractivity (Wildman–Crippen MR) is 99.6 cm³/mol. The van der Waals surface area contributed by atoms with Gasteiger partial charge in [0.2, 0.25) is 0 Å². The van der Waals surface area contributed by atoms with Gasteiger partial charge in [-0.05, 0) is 48.9 Å². The number of hydrogen-bond acceptors (Lipinski definition) is 2. The highest BCUT2D eigenvalue weighted by Crippen LogP contribution is 2.35. The lowest BCUT2D eigenvalue weighted by Gasteiger charge is -2.15. The van der Waals surface area contributed by atoms with Gasteiger partial charge >= 0.3 is 6.03 Å². The summed E-state index contributed by atoms with van der Waals surface area (Å²) >= 11 is 0. The number of carbonyl (C=O) groups excluding carboxylic acids is 1. The average Bonchev–Trinajstić information content (AvgIpc) is 3.23. The van der Waals surface area contributed by atoms with Crippen LogP contribution < -0.4 is 10.6 Å². The van der Waals surface area contributed by atoms with Crippen molar-refractivity contribution in [2.45, 2.75) is 31.2 Å². The Morgan fingerprint density at radius 2 is 2.04 bits per heavy atom. The van der Waals surface area contributed by atoms with Crippen LogP contribution >= 0.6 is 0 Å². The number of fused-ring (bicyclic) bond motifs is 1. The lowest BCUT2D eigenvalue weighted by atomic mass is 9.97. The molecule has 2 atom stereocenters. The van der Waals surface area contributed by atoms with Crippen LogP contribution in [0, 0.1) is 5.82 Å². The van der Waals surface area contributed by atoms with Gasteiger partial charge < -0.3 is 10.6 Å². The summed E-state index contributed by atoms with van der Waals surface area (Å²) in [5.41, 5.74) is 2.44. The van der Waals surface area contributed by atoms with Gasteiger partial charge in [-0.2, -0.15) is 5.10 Å². The van der Waals surface area contributed by atoms with E-state index >= 15 is 0 Å². The fourth-order valence-corrected chi connectivity index (χ4v) is 3.83. The second kappa shape index (κ2) is 6.78. The molecule has 26 heavy (non-hydrogen) atoms. The van der Waals surface area contributed by atoms with Crippen molar-refractivity contribution in [3.05, 3.63) is 60.0 Å². The molecule has 1 fully saturated rings. The molecule has 4 rings (SSSR count). The fraction of sp³-hybridized carbons (Fsp3) is 0.300. The molecule has 0 unspecified atom stereocenters. The second-order valence-electron chi connectivity index (χ2n) is 6.83. The normalized spacial score (nSPS) is 19.6. The number of hydrogen-bond donors (Lipinski definition) is 2. The zero-order valence-corrected chi connectivity index (χ0v) is 14.6. The van der Waals surface area contributed by atoms with Gasteiger partial charge in [-0.1, -0.05) is 24.3 Å². The van der Waals surface area contributed by atoms with E-state index in [2.05, 4.69) is 15.7 Å². The maximum atomic E-state index is 14.0. The number of carbonyl (C=O) groups is 1. The van der Waals surface area contributed by atoms with E-state index in [0.717, 1.165) is 41.4 Å². The minimum Gasteiger partial charge on any atom is -0.335 e. The quantitative estimate of drug-likeness (QED) is 0.743. The van der Waals surface area contributed by atoms with Crippen LogP contribution in [0.25, 0.3) is 10.9 Å². The van der Waals surface area contributed by atoms with Crippen LogP contribution in [0.3, 0.4) is 0 Å². The third-order valence-corrected chi connectivity index (χ3v) is 5.15. The second-order valence-corrected chi connectivity index (χ2v) is 6.83. The van der Waals surface area contributed by atoms with Gasteiger partial charge in [-0.25, -0.2) is 9.18 Å². The average molecular weight is 352 g/mol. The number of halogens is 1. The molecule has 5 nitrogen and oxygen atoms in total. The summed E-state index contributed by atoms with van der Waals surface area (Å²) in [4.78, 5) is 12.4. The maximum Gasteiger partial charge on any atom is 0.319 e. The summed E-state index contributed by atoms with van der Waals surface area (Å²) in [6.07, 6.45) is 4.23. The molecule has 2 amide bonds. The van der Waals surface area contributed by atoms with Crippen LogP contribution in [-0.2, 0) is 7.05 Å². The predicted octanol–water partition coefficient (Wildman–Crippen LogP) is 4.17. The van der Waals surface area contributed by atoms with Crippen LogP contribution in [-0.4, -0.2) is 21.9 Å². The lowest BCUT2D eigenvalue weighted by molar-refractivity contribution is 0.248. The fourth-order valence-electron chi connectivity index (χ4n) is 3.83. The molecule has 1 aliphatic rings. The van der Waals surface area contributed by atoms with Gasteiger partial charge in [0, 0.05) is 18.5 Å². The standard InChI is InChI=1S/C20H21FN4O/c1-25-19-8-4-7-18(16(19)12-22-25)24-20(26)23-14-10-9-13(11-14)15-5-2-3-6-17(15)21/h2-8,12-14H,9-11H2,1H3,(H2,23,24,26)/t13-,14+/m1/s1. The number of nitrogens with zero attached hydrogens (tertiary/aromatic N) is 2. The molecule has 2 aromatic carbocycles. The summed E-state index contributed by atoms with van der Waals surface area (Å²) in [5, 5.41) is 11.1. The molecule has 6 heteroatoms. The molecule has 1 heterocycles. The summed E-state index contributed by atoms with van der Waals surface area (Å²) in [5.74, 6) is -0.00545. The van der Waals surface area contributed by atoms with Crippen LogP contribution in [0.15, 0.2) is 48.7 Å². The smallest absolute Gasteiger partial charge is 0.319 e. The number of benzene rings is 2. The van der Waals surface area contributed by atoms with Crippen molar-refractivity contribution in [2.75, 3.05) is 5.32 Å². The number of aryl methyl sites for hydroxylation is 1. The van der Waals surface area contributed by atoms with Gasteiger partial charge in [0.25, 0.3) is 0 Å². The monoisotopic (exact) mass is 352 g/mol. The Bertz CT molecular complexity index is 952. The first-order valence-electron chi connectivity index (χ1n) is 8.84. The van der Waals surface area contributed by atoms with Crippen LogP contribution in [0.5, 0.6) is 0 Å². The van der Waals surface area contributed by atoms with Crippen molar-refractivity contribution in [3.63, 3.8) is 0 Å². The maximum absolute atomic E-state index is 14.0. The highest BCUT2D eigenvalue weighted by Gasteiger charge is 2.28. The molecule has 134 valence electrons. The van der Waals surface area contributed by atoms with Crippen molar-refractivity contribution in [1.29, 1.82) is 0 Å². The number of amides is 2. The zero-order chi connectivity index (χ0) is 18.1. The first-order chi connectivity index (χ1) is 12.6. The molecular formula is C20H21FN4O. The van der Waals surface area contributed by atoms with Gasteiger partial charge in [-0.3, -0.25) is 4.68 Å². The topological polar surface area (TPSA) is 59.0 Å². The lowest BCUT2D eigenvalue weighted by Crippen LogP contribution is -2.36. The summed E-state index contributed by atoms with van der Waals surface area (Å²) in [6.45, 7) is 0. The molecule has 3 aromatic rings. The van der Waals surface area contributed by atoms with Crippen molar-refractivity contribution in [2.24, 2.45) is 7.05 Å². The molecule has 1 aromatic heterocycles. The minimum atomic E-state index is -0.236. The Balaban J connectivity index is 1.40. The molecule has 0 radical (unpaired) electrons. The Hall–Kier alpha value is -2.89. The van der Waals surface area contributed by atoms with Crippen molar-refractivity contribution < 1.29 is 9.18 Å². The van der Waals surface area contributed by atoms with E-state index in [0.29, 0.717) is 0 Å². The SMILES string of the molecule is Cn1ncc2c(NC(=O)N[C@H]3CC[C@@H](c4ccccc4F)C3)cccc21. The zero-order valence-electron chi connectivity index (χ0n) is 14.6. The molecule has 1 aliphatic carbocycles. The number of aromatic nitrogens is 2. The van der Waals surface area contributed by atoms with E-state index in [9.17, 15) is 9.18 Å². The van der Waals surface area contributed by atoms with Crippen LogP contribution in [0.1, 0.15) is 30.7 Å². The van der Waals surface area contributed by atoms with E-state index in [-0.39, 0.29) is 23.8 Å². The Kier molecular flexibility index (Phi) is 4.32. The third kappa shape index (κ3) is 3.14. The van der Waals surface area contributed by atoms with E-state index in [1.54, 1.807) is 16.9 Å². The van der Waals surface area contributed by atoms with E-state index < -0.39 is 0 Å². The van der Waals surface area contributed by atoms with Gasteiger partial charge in [0.1, 0.15) is 5.82 Å². The number of nitrogens with one attached hydrogen (secondary N) is 2. The molecule has 0 bridgehead atoms. The molecule has 0 saturated heterocycles. The first-order valence-corrected chi connectivity index (χ1v) is 8.84. The van der Waals surface area contributed by atoms with Crippen molar-refractivity contribution in [3.8, 4) is 0 Å². The van der Waals surface area contributed by atoms with Gasteiger partial charge in [0.15, 0.2) is 0 Å². The Morgan fingerprint density at radius 1 is 1.19 bits per heavy atom. The first kappa shape index (κ1) is 16.6. The number of urea groups is 1. The van der Waals surface area contributed by atoms with E-state index in [1.165, 1.54) is 6.07 Å². The third-order valence-electron chi connectivity index (χ3n) is 5.15. The molecule has 0 aliphatic heterocycles. The van der Waals surface area contributed by atoms with E-state index in [1.807, 2.05) is 37.4 Å². The largest absolute Gasteiger partial charge is 0.335 e. The van der Waals surface area contributed by atoms with Gasteiger partial charge in [-0.15, -0.1) is 0 Å². The molecule has 1 saturated carbocycles. The number of anilines is 1. The number of rotatable bonds is 3. The Morgan fingerprint density at radius 3 is 2.88 bits per heavy atom.